The number of amides is 1. The Balaban J connectivity index is 2.30. The van der Waals surface area contributed by atoms with Gasteiger partial charge in [-0.15, -0.1) is 0 Å². The van der Waals surface area contributed by atoms with E-state index in [2.05, 4.69) is 31.0 Å². The monoisotopic (exact) mass is 275 g/mol. The van der Waals surface area contributed by atoms with Gasteiger partial charge in [0.1, 0.15) is 0 Å². The summed E-state index contributed by atoms with van der Waals surface area (Å²) >= 11 is 0. The van der Waals surface area contributed by atoms with Crippen LogP contribution < -0.4 is 16.0 Å². The van der Waals surface area contributed by atoms with Crippen LogP contribution in [-0.2, 0) is 11.2 Å². The Morgan fingerprint density at radius 2 is 2.10 bits per heavy atom. The lowest BCUT2D eigenvalue weighted by molar-refractivity contribution is -0.116. The van der Waals surface area contributed by atoms with E-state index in [9.17, 15) is 4.79 Å². The summed E-state index contributed by atoms with van der Waals surface area (Å²) in [7, 11) is 0. The Hall–Kier alpha value is -1.71. The van der Waals surface area contributed by atoms with E-state index in [4.69, 9.17) is 5.73 Å². The zero-order valence-corrected chi connectivity index (χ0v) is 12.7. The molecule has 3 N–H and O–H groups in total. The van der Waals surface area contributed by atoms with E-state index in [1.807, 2.05) is 12.1 Å². The second kappa shape index (κ2) is 6.16. The van der Waals surface area contributed by atoms with Crippen LogP contribution in [0.5, 0.6) is 0 Å². The molecule has 0 spiro atoms. The fourth-order valence-electron chi connectivity index (χ4n) is 2.61. The standard InChI is InChI=1S/C16H25N3O/c1-4-11(3)10-19(5-2)15-9-14-12(8-13(15)17)6-7-16(20)18-14/h8-9,11H,4-7,10,17H2,1-3H3,(H,18,20). The second-order valence-electron chi connectivity index (χ2n) is 5.67. The minimum atomic E-state index is 0.0956. The number of hydrogen-bond donors (Lipinski definition) is 2. The summed E-state index contributed by atoms with van der Waals surface area (Å²) < 4.78 is 0. The lowest BCUT2D eigenvalue weighted by Gasteiger charge is -2.29. The predicted octanol–water partition coefficient (Wildman–Crippen LogP) is 3.03. The number of carbonyl (C=O) groups excluding carboxylic acids is 1. The van der Waals surface area contributed by atoms with Gasteiger partial charge in [-0.2, -0.15) is 0 Å². The third-order valence-electron chi connectivity index (χ3n) is 4.10. The van der Waals surface area contributed by atoms with Crippen molar-refractivity contribution < 1.29 is 4.79 Å². The van der Waals surface area contributed by atoms with Crippen LogP contribution in [0.25, 0.3) is 0 Å². The van der Waals surface area contributed by atoms with Gasteiger partial charge < -0.3 is 16.0 Å². The van der Waals surface area contributed by atoms with E-state index in [1.165, 1.54) is 0 Å². The first-order valence-corrected chi connectivity index (χ1v) is 7.52. The summed E-state index contributed by atoms with van der Waals surface area (Å²) in [6.07, 6.45) is 2.48. The number of aryl methyl sites for hydroxylation is 1. The van der Waals surface area contributed by atoms with Crippen molar-refractivity contribution in [2.45, 2.75) is 40.0 Å². The number of nitrogens with one attached hydrogen (secondary N) is 1. The molecule has 0 bridgehead atoms. The Bertz CT molecular complexity index is 499. The number of nitrogens with two attached hydrogens (primary N) is 1. The molecule has 1 aromatic carbocycles. The van der Waals surface area contributed by atoms with Crippen LogP contribution in [0, 0.1) is 5.92 Å². The van der Waals surface area contributed by atoms with Gasteiger partial charge in [0.25, 0.3) is 0 Å². The third kappa shape index (κ3) is 3.06. The number of nitrogens with zero attached hydrogens (tertiary/aromatic N) is 1. The van der Waals surface area contributed by atoms with E-state index in [1.54, 1.807) is 0 Å². The van der Waals surface area contributed by atoms with E-state index >= 15 is 0 Å². The summed E-state index contributed by atoms with van der Waals surface area (Å²) in [5.74, 6) is 0.721. The largest absolute Gasteiger partial charge is 0.397 e. The molecule has 1 unspecified atom stereocenters. The van der Waals surface area contributed by atoms with E-state index in [0.29, 0.717) is 12.3 Å². The highest BCUT2D eigenvalue weighted by molar-refractivity contribution is 5.95. The smallest absolute Gasteiger partial charge is 0.224 e. The molecule has 20 heavy (non-hydrogen) atoms. The van der Waals surface area contributed by atoms with Gasteiger partial charge in [0, 0.05) is 25.2 Å². The van der Waals surface area contributed by atoms with Gasteiger partial charge in [-0.3, -0.25) is 4.79 Å². The van der Waals surface area contributed by atoms with Gasteiger partial charge in [0.05, 0.1) is 11.4 Å². The summed E-state index contributed by atoms with van der Waals surface area (Å²) in [5.41, 5.74) is 10.1. The molecule has 4 nitrogen and oxygen atoms in total. The van der Waals surface area contributed by atoms with E-state index in [-0.39, 0.29) is 5.91 Å². The van der Waals surface area contributed by atoms with Crippen LogP contribution in [0.2, 0.25) is 0 Å². The van der Waals surface area contributed by atoms with Gasteiger partial charge in [0.15, 0.2) is 0 Å². The summed E-state index contributed by atoms with van der Waals surface area (Å²) in [5, 5.41) is 2.95. The number of fused-ring (bicyclic) bond motifs is 1. The summed E-state index contributed by atoms with van der Waals surface area (Å²) in [6.45, 7) is 8.50. The minimum Gasteiger partial charge on any atom is -0.397 e. The highest BCUT2D eigenvalue weighted by atomic mass is 16.1. The zero-order valence-electron chi connectivity index (χ0n) is 12.7. The number of benzene rings is 1. The van der Waals surface area contributed by atoms with Gasteiger partial charge in [0.2, 0.25) is 5.91 Å². The zero-order chi connectivity index (χ0) is 14.7. The van der Waals surface area contributed by atoms with E-state index in [0.717, 1.165) is 48.6 Å². The summed E-state index contributed by atoms with van der Waals surface area (Å²) in [6, 6.07) is 4.05. The topological polar surface area (TPSA) is 58.4 Å². The maximum Gasteiger partial charge on any atom is 0.224 e. The van der Waals surface area contributed by atoms with Crippen LogP contribution in [0.15, 0.2) is 12.1 Å². The van der Waals surface area contributed by atoms with Gasteiger partial charge in [-0.25, -0.2) is 0 Å². The van der Waals surface area contributed by atoms with Crippen LogP contribution in [-0.4, -0.2) is 19.0 Å². The second-order valence-corrected chi connectivity index (χ2v) is 5.67. The SMILES string of the molecule is CCC(C)CN(CC)c1cc2c(cc1N)CCC(=O)N2. The number of hydrogen-bond acceptors (Lipinski definition) is 3. The highest BCUT2D eigenvalue weighted by Gasteiger charge is 2.19. The molecule has 4 heteroatoms. The molecule has 1 atom stereocenters. The van der Waals surface area contributed by atoms with Crippen molar-refractivity contribution in [3.63, 3.8) is 0 Å². The molecular weight excluding hydrogens is 250 g/mol. The highest BCUT2D eigenvalue weighted by Crippen LogP contribution is 2.33. The quantitative estimate of drug-likeness (QED) is 0.812. The Kier molecular flexibility index (Phi) is 4.53. The molecule has 1 aliphatic heterocycles. The molecule has 2 rings (SSSR count). The molecule has 1 amide bonds. The maximum absolute atomic E-state index is 11.5. The molecule has 0 radical (unpaired) electrons. The first-order chi connectivity index (χ1) is 9.55. The van der Waals surface area contributed by atoms with Gasteiger partial charge in [-0.1, -0.05) is 20.3 Å². The van der Waals surface area contributed by atoms with Crippen molar-refractivity contribution in [1.82, 2.24) is 0 Å². The van der Waals surface area contributed by atoms with Crippen molar-refractivity contribution in [2.24, 2.45) is 5.92 Å². The Labute approximate surface area is 121 Å². The van der Waals surface area contributed by atoms with Crippen molar-refractivity contribution in [2.75, 3.05) is 29.0 Å². The first kappa shape index (κ1) is 14.7. The van der Waals surface area contributed by atoms with Crippen LogP contribution in [0.3, 0.4) is 0 Å². The van der Waals surface area contributed by atoms with Crippen LogP contribution >= 0.6 is 0 Å². The number of nitrogen functional groups attached to an aromatic ring is 1. The molecule has 1 aromatic rings. The van der Waals surface area contributed by atoms with Gasteiger partial charge in [-0.05, 0) is 37.0 Å². The molecule has 1 aliphatic rings. The Morgan fingerprint density at radius 3 is 2.75 bits per heavy atom. The minimum absolute atomic E-state index is 0.0956. The molecule has 110 valence electrons. The van der Waals surface area contributed by atoms with Crippen molar-refractivity contribution in [3.8, 4) is 0 Å². The van der Waals surface area contributed by atoms with Crippen molar-refractivity contribution in [1.29, 1.82) is 0 Å². The fourth-order valence-corrected chi connectivity index (χ4v) is 2.61. The molecule has 0 aromatic heterocycles. The summed E-state index contributed by atoms with van der Waals surface area (Å²) in [4.78, 5) is 13.8. The lowest BCUT2D eigenvalue weighted by atomic mass is 10.0. The number of anilines is 3. The average Bonchev–Trinajstić information content (AvgIpc) is 2.44. The molecular formula is C16H25N3O. The molecule has 1 heterocycles. The Morgan fingerprint density at radius 1 is 1.35 bits per heavy atom. The molecule has 0 aliphatic carbocycles. The predicted molar refractivity (Wildman–Crippen MR) is 85.1 cm³/mol. The van der Waals surface area contributed by atoms with Crippen LogP contribution in [0.1, 0.15) is 39.2 Å². The molecule has 0 saturated carbocycles. The number of carbonyl (C=O) groups is 1. The van der Waals surface area contributed by atoms with Crippen LogP contribution in [0.4, 0.5) is 17.1 Å². The lowest BCUT2D eigenvalue weighted by Crippen LogP contribution is -2.29. The maximum atomic E-state index is 11.5. The van der Waals surface area contributed by atoms with Crippen molar-refractivity contribution >= 4 is 23.0 Å². The van der Waals surface area contributed by atoms with Gasteiger partial charge >= 0.3 is 0 Å². The first-order valence-electron chi connectivity index (χ1n) is 7.52. The fraction of sp³-hybridized carbons (Fsp3) is 0.562. The van der Waals surface area contributed by atoms with E-state index < -0.39 is 0 Å². The molecule has 0 fully saturated rings. The average molecular weight is 275 g/mol. The third-order valence-corrected chi connectivity index (χ3v) is 4.10. The normalized spacial score (nSPS) is 15.4. The molecule has 0 saturated heterocycles. The van der Waals surface area contributed by atoms with Crippen molar-refractivity contribution in [3.05, 3.63) is 17.7 Å². The number of rotatable bonds is 5.